The molecule has 132 valence electrons. The maximum atomic E-state index is 12.6. The van der Waals surface area contributed by atoms with Gasteiger partial charge in [-0.25, -0.2) is 4.79 Å². The molecule has 0 aliphatic rings. The first-order valence-corrected chi connectivity index (χ1v) is 7.89. The van der Waals surface area contributed by atoms with Gasteiger partial charge < -0.3 is 15.4 Å². The quantitative estimate of drug-likeness (QED) is 0.829. The Morgan fingerprint density at radius 3 is 2.28 bits per heavy atom. The summed E-state index contributed by atoms with van der Waals surface area (Å²) in [6.45, 7) is 5.38. The second-order valence-electron chi connectivity index (χ2n) is 6.66. The van der Waals surface area contributed by atoms with Crippen molar-refractivity contribution in [3.63, 3.8) is 0 Å². The van der Waals surface area contributed by atoms with Gasteiger partial charge in [0.15, 0.2) is 0 Å². The van der Waals surface area contributed by atoms with E-state index in [9.17, 15) is 9.59 Å². The van der Waals surface area contributed by atoms with E-state index in [1.54, 1.807) is 70.3 Å². The van der Waals surface area contributed by atoms with Crippen molar-refractivity contribution in [2.75, 3.05) is 23.0 Å². The summed E-state index contributed by atoms with van der Waals surface area (Å²) in [4.78, 5) is 25.8. The van der Waals surface area contributed by atoms with Gasteiger partial charge in [0, 0.05) is 29.7 Å². The van der Waals surface area contributed by atoms with E-state index in [2.05, 4.69) is 5.32 Å². The molecule has 0 fully saturated rings. The number of ether oxygens (including phenoxy) is 1. The molecule has 2 amide bonds. The summed E-state index contributed by atoms with van der Waals surface area (Å²) in [6, 6.07) is 13.7. The highest BCUT2D eigenvalue weighted by Crippen LogP contribution is 2.19. The monoisotopic (exact) mass is 341 g/mol. The van der Waals surface area contributed by atoms with Crippen LogP contribution in [0.1, 0.15) is 31.1 Å². The third-order valence-corrected chi connectivity index (χ3v) is 3.34. The third kappa shape index (κ3) is 5.24. The lowest BCUT2D eigenvalue weighted by Gasteiger charge is -2.20. The Morgan fingerprint density at radius 1 is 1.08 bits per heavy atom. The van der Waals surface area contributed by atoms with Gasteiger partial charge in [-0.1, -0.05) is 6.07 Å². The largest absolute Gasteiger partial charge is 0.444 e. The Labute approximate surface area is 147 Å². The predicted octanol–water partition coefficient (Wildman–Crippen LogP) is 3.89. The number of anilines is 3. The number of amides is 2. The van der Waals surface area contributed by atoms with E-state index >= 15 is 0 Å². The molecule has 0 aliphatic carbocycles. The van der Waals surface area contributed by atoms with Crippen LogP contribution in [-0.2, 0) is 4.74 Å². The number of nitrogens with zero attached hydrogens (tertiary/aromatic N) is 1. The van der Waals surface area contributed by atoms with Gasteiger partial charge in [0.25, 0.3) is 5.91 Å². The van der Waals surface area contributed by atoms with Gasteiger partial charge in [-0.15, -0.1) is 0 Å². The van der Waals surface area contributed by atoms with Crippen molar-refractivity contribution in [2.45, 2.75) is 26.4 Å². The molecule has 0 heterocycles. The fourth-order valence-electron chi connectivity index (χ4n) is 2.16. The van der Waals surface area contributed by atoms with E-state index in [0.717, 1.165) is 0 Å². The van der Waals surface area contributed by atoms with Crippen molar-refractivity contribution in [1.29, 1.82) is 0 Å². The van der Waals surface area contributed by atoms with Crippen molar-refractivity contribution >= 4 is 29.1 Å². The zero-order valence-electron chi connectivity index (χ0n) is 14.9. The molecule has 0 aromatic heterocycles. The molecule has 2 rings (SSSR count). The molecule has 3 N–H and O–H groups in total. The summed E-state index contributed by atoms with van der Waals surface area (Å²) in [5.74, 6) is -0.172. The van der Waals surface area contributed by atoms with Crippen LogP contribution in [0.4, 0.5) is 21.9 Å². The number of nitrogen functional groups attached to an aromatic ring is 1. The van der Waals surface area contributed by atoms with Crippen molar-refractivity contribution in [2.24, 2.45) is 0 Å². The Morgan fingerprint density at radius 2 is 1.72 bits per heavy atom. The van der Waals surface area contributed by atoms with Crippen LogP contribution in [0.3, 0.4) is 0 Å². The standard InChI is InChI=1S/C19H23N3O3/c1-19(2,3)25-18(24)21-15-10-8-13(9-11-15)17(23)22(4)16-7-5-6-14(20)12-16/h5-12H,20H2,1-4H3,(H,21,24). The molecule has 0 saturated heterocycles. The lowest BCUT2D eigenvalue weighted by atomic mass is 10.1. The van der Waals surface area contributed by atoms with Crippen LogP contribution in [0.5, 0.6) is 0 Å². The lowest BCUT2D eigenvalue weighted by Crippen LogP contribution is -2.27. The van der Waals surface area contributed by atoms with E-state index in [4.69, 9.17) is 10.5 Å². The van der Waals surface area contributed by atoms with Gasteiger partial charge in [0.1, 0.15) is 5.60 Å². The van der Waals surface area contributed by atoms with Gasteiger partial charge in [-0.05, 0) is 63.2 Å². The molecule has 25 heavy (non-hydrogen) atoms. The first kappa shape index (κ1) is 18.3. The molecule has 6 nitrogen and oxygen atoms in total. The summed E-state index contributed by atoms with van der Waals surface area (Å²) in [5.41, 5.74) is 7.54. The summed E-state index contributed by atoms with van der Waals surface area (Å²) in [6.07, 6.45) is -0.538. The fourth-order valence-corrected chi connectivity index (χ4v) is 2.16. The molecular weight excluding hydrogens is 318 g/mol. The number of carbonyl (C=O) groups is 2. The Bertz CT molecular complexity index is 764. The number of nitrogens with one attached hydrogen (secondary N) is 1. The average Bonchev–Trinajstić information content (AvgIpc) is 2.52. The average molecular weight is 341 g/mol. The highest BCUT2D eigenvalue weighted by atomic mass is 16.6. The first-order chi connectivity index (χ1) is 11.7. The van der Waals surface area contributed by atoms with Gasteiger partial charge in [-0.3, -0.25) is 10.1 Å². The van der Waals surface area contributed by atoms with Crippen LogP contribution in [-0.4, -0.2) is 24.6 Å². The van der Waals surface area contributed by atoms with Gasteiger partial charge >= 0.3 is 6.09 Å². The number of benzene rings is 2. The van der Waals surface area contributed by atoms with Crippen molar-refractivity contribution in [3.05, 3.63) is 54.1 Å². The van der Waals surface area contributed by atoms with Crippen LogP contribution < -0.4 is 16.0 Å². The van der Waals surface area contributed by atoms with Crippen molar-refractivity contribution in [1.82, 2.24) is 0 Å². The van der Waals surface area contributed by atoms with Crippen LogP contribution >= 0.6 is 0 Å². The van der Waals surface area contributed by atoms with E-state index in [1.807, 2.05) is 6.07 Å². The van der Waals surface area contributed by atoms with E-state index in [0.29, 0.717) is 22.6 Å². The zero-order valence-corrected chi connectivity index (χ0v) is 14.9. The predicted molar refractivity (Wildman–Crippen MR) is 99.9 cm³/mol. The topological polar surface area (TPSA) is 84.7 Å². The minimum absolute atomic E-state index is 0.172. The molecule has 0 spiro atoms. The molecule has 2 aromatic rings. The smallest absolute Gasteiger partial charge is 0.412 e. The number of hydrogen-bond acceptors (Lipinski definition) is 4. The maximum absolute atomic E-state index is 12.6. The summed E-state index contributed by atoms with van der Waals surface area (Å²) < 4.78 is 5.19. The Hall–Kier alpha value is -3.02. The highest BCUT2D eigenvalue weighted by molar-refractivity contribution is 6.06. The molecule has 0 saturated carbocycles. The summed E-state index contributed by atoms with van der Waals surface area (Å²) in [7, 11) is 1.68. The molecule has 6 heteroatoms. The fraction of sp³-hybridized carbons (Fsp3) is 0.263. The lowest BCUT2D eigenvalue weighted by molar-refractivity contribution is 0.0636. The minimum atomic E-state index is -0.569. The van der Waals surface area contributed by atoms with Crippen LogP contribution in [0.15, 0.2) is 48.5 Å². The first-order valence-electron chi connectivity index (χ1n) is 7.89. The van der Waals surface area contributed by atoms with E-state index in [-0.39, 0.29) is 5.91 Å². The normalized spacial score (nSPS) is 10.9. The van der Waals surface area contributed by atoms with Gasteiger partial charge in [0.05, 0.1) is 0 Å². The number of rotatable bonds is 3. The second kappa shape index (κ2) is 7.25. The summed E-state index contributed by atoms with van der Waals surface area (Å²) >= 11 is 0. The number of hydrogen-bond donors (Lipinski definition) is 2. The van der Waals surface area contributed by atoms with Crippen LogP contribution in [0.25, 0.3) is 0 Å². The molecule has 0 atom stereocenters. The van der Waals surface area contributed by atoms with Gasteiger partial charge in [-0.2, -0.15) is 0 Å². The zero-order chi connectivity index (χ0) is 18.6. The Balaban J connectivity index is 2.06. The molecule has 0 radical (unpaired) electrons. The Kier molecular flexibility index (Phi) is 5.32. The third-order valence-electron chi connectivity index (χ3n) is 3.34. The van der Waals surface area contributed by atoms with Gasteiger partial charge in [0.2, 0.25) is 0 Å². The van der Waals surface area contributed by atoms with Crippen LogP contribution in [0.2, 0.25) is 0 Å². The molecular formula is C19H23N3O3. The maximum Gasteiger partial charge on any atom is 0.412 e. The summed E-state index contributed by atoms with van der Waals surface area (Å²) in [5, 5.41) is 2.63. The number of nitrogens with two attached hydrogens (primary N) is 1. The van der Waals surface area contributed by atoms with Crippen molar-refractivity contribution < 1.29 is 14.3 Å². The molecule has 0 aliphatic heterocycles. The number of carbonyl (C=O) groups excluding carboxylic acids is 2. The SMILES string of the molecule is CN(C(=O)c1ccc(NC(=O)OC(C)(C)C)cc1)c1cccc(N)c1. The molecule has 0 unspecified atom stereocenters. The van der Waals surface area contributed by atoms with Crippen LogP contribution in [0, 0.1) is 0 Å². The second-order valence-corrected chi connectivity index (χ2v) is 6.66. The molecule has 0 bridgehead atoms. The highest BCUT2D eigenvalue weighted by Gasteiger charge is 2.17. The molecule has 2 aromatic carbocycles. The minimum Gasteiger partial charge on any atom is -0.444 e. The van der Waals surface area contributed by atoms with Crippen molar-refractivity contribution in [3.8, 4) is 0 Å². The van der Waals surface area contributed by atoms with E-state index < -0.39 is 11.7 Å². The van der Waals surface area contributed by atoms with E-state index in [1.165, 1.54) is 4.90 Å².